The fourth-order valence-electron chi connectivity index (χ4n) is 2.64. The Morgan fingerprint density at radius 2 is 1.71 bits per heavy atom. The van der Waals surface area contributed by atoms with Gasteiger partial charge in [-0.05, 0) is 46.5 Å². The lowest BCUT2D eigenvalue weighted by molar-refractivity contribution is 0.622. The van der Waals surface area contributed by atoms with Gasteiger partial charge < -0.3 is 5.73 Å². The molecule has 3 aromatic carbocycles. The summed E-state index contributed by atoms with van der Waals surface area (Å²) in [5.74, 6) is -0.222. The topological polar surface area (TPSA) is 26.0 Å². The molecule has 0 fully saturated rings. The molecule has 0 aliphatic heterocycles. The van der Waals surface area contributed by atoms with Gasteiger partial charge >= 0.3 is 0 Å². The lowest BCUT2D eigenvalue weighted by atomic mass is 9.95. The SMILES string of the molecule is NC(Cc1cccc(F)c1)c1ccc(Br)c2ccccc12. The van der Waals surface area contributed by atoms with Crippen molar-refractivity contribution in [3.8, 4) is 0 Å². The highest BCUT2D eigenvalue weighted by atomic mass is 79.9. The lowest BCUT2D eigenvalue weighted by Crippen LogP contribution is -2.14. The van der Waals surface area contributed by atoms with Crippen LogP contribution in [0, 0.1) is 5.82 Å². The number of nitrogens with two attached hydrogens (primary N) is 1. The van der Waals surface area contributed by atoms with Crippen LogP contribution >= 0.6 is 15.9 Å². The van der Waals surface area contributed by atoms with Crippen molar-refractivity contribution in [3.63, 3.8) is 0 Å². The minimum atomic E-state index is -0.222. The van der Waals surface area contributed by atoms with Gasteiger partial charge in [0.05, 0.1) is 0 Å². The number of rotatable bonds is 3. The number of hydrogen-bond donors (Lipinski definition) is 1. The molecule has 0 bridgehead atoms. The normalized spacial score (nSPS) is 12.5. The Morgan fingerprint density at radius 3 is 2.48 bits per heavy atom. The summed E-state index contributed by atoms with van der Waals surface area (Å²) in [5, 5.41) is 2.28. The van der Waals surface area contributed by atoms with Crippen molar-refractivity contribution in [3.05, 3.63) is 82.1 Å². The van der Waals surface area contributed by atoms with Gasteiger partial charge in [0.1, 0.15) is 5.82 Å². The van der Waals surface area contributed by atoms with Gasteiger partial charge in [-0.15, -0.1) is 0 Å². The average Bonchev–Trinajstić information content (AvgIpc) is 2.48. The van der Waals surface area contributed by atoms with Crippen LogP contribution in [0.15, 0.2) is 65.1 Å². The summed E-state index contributed by atoms with van der Waals surface area (Å²) in [5.41, 5.74) is 8.35. The fraction of sp³-hybridized carbons (Fsp3) is 0.111. The molecule has 3 rings (SSSR count). The summed E-state index contributed by atoms with van der Waals surface area (Å²) in [4.78, 5) is 0. The zero-order valence-corrected chi connectivity index (χ0v) is 13.0. The van der Waals surface area contributed by atoms with E-state index in [0.29, 0.717) is 6.42 Å². The number of benzene rings is 3. The molecule has 0 aliphatic rings. The maximum Gasteiger partial charge on any atom is 0.123 e. The predicted molar refractivity (Wildman–Crippen MR) is 88.7 cm³/mol. The maximum atomic E-state index is 13.3. The summed E-state index contributed by atoms with van der Waals surface area (Å²) < 4.78 is 14.3. The summed E-state index contributed by atoms with van der Waals surface area (Å²) >= 11 is 3.57. The zero-order valence-electron chi connectivity index (χ0n) is 11.4. The van der Waals surface area contributed by atoms with Crippen LogP contribution in [0.25, 0.3) is 10.8 Å². The van der Waals surface area contributed by atoms with Crippen molar-refractivity contribution >= 4 is 26.7 Å². The number of hydrogen-bond acceptors (Lipinski definition) is 1. The Labute approximate surface area is 131 Å². The second-order valence-corrected chi connectivity index (χ2v) is 5.98. The molecule has 1 unspecified atom stereocenters. The molecule has 0 aliphatic carbocycles. The Morgan fingerprint density at radius 1 is 0.952 bits per heavy atom. The minimum Gasteiger partial charge on any atom is -0.324 e. The Hall–Kier alpha value is -1.71. The zero-order chi connectivity index (χ0) is 14.8. The van der Waals surface area contributed by atoms with Crippen LogP contribution in [0.3, 0.4) is 0 Å². The average molecular weight is 344 g/mol. The molecular weight excluding hydrogens is 329 g/mol. The molecule has 106 valence electrons. The first-order chi connectivity index (χ1) is 10.1. The van der Waals surface area contributed by atoms with Crippen LogP contribution in [0.4, 0.5) is 4.39 Å². The smallest absolute Gasteiger partial charge is 0.123 e. The molecule has 0 amide bonds. The van der Waals surface area contributed by atoms with E-state index in [-0.39, 0.29) is 11.9 Å². The summed E-state index contributed by atoms with van der Waals surface area (Å²) in [7, 11) is 0. The van der Waals surface area contributed by atoms with Gasteiger partial charge in [-0.25, -0.2) is 4.39 Å². The molecule has 2 N–H and O–H groups in total. The van der Waals surface area contributed by atoms with E-state index in [0.717, 1.165) is 26.4 Å². The molecule has 0 radical (unpaired) electrons. The van der Waals surface area contributed by atoms with Crippen molar-refractivity contribution < 1.29 is 4.39 Å². The van der Waals surface area contributed by atoms with E-state index in [4.69, 9.17) is 5.73 Å². The predicted octanol–water partition coefficient (Wildman–Crippen LogP) is 4.98. The van der Waals surface area contributed by atoms with Gasteiger partial charge in [-0.1, -0.05) is 58.4 Å². The molecule has 21 heavy (non-hydrogen) atoms. The van der Waals surface area contributed by atoms with E-state index in [2.05, 4.69) is 28.1 Å². The molecule has 0 aromatic heterocycles. The number of halogens is 2. The Balaban J connectivity index is 1.98. The molecule has 1 atom stereocenters. The van der Waals surface area contributed by atoms with Crippen LogP contribution in [-0.2, 0) is 6.42 Å². The molecule has 0 heterocycles. The molecule has 3 aromatic rings. The molecule has 0 saturated carbocycles. The van der Waals surface area contributed by atoms with Crippen molar-refractivity contribution in [1.29, 1.82) is 0 Å². The highest BCUT2D eigenvalue weighted by molar-refractivity contribution is 9.10. The minimum absolute atomic E-state index is 0.162. The van der Waals surface area contributed by atoms with E-state index >= 15 is 0 Å². The second-order valence-electron chi connectivity index (χ2n) is 5.12. The van der Waals surface area contributed by atoms with Gasteiger partial charge in [0.15, 0.2) is 0 Å². The third-order valence-corrected chi connectivity index (χ3v) is 4.34. The first-order valence-corrected chi connectivity index (χ1v) is 7.61. The Bertz CT molecular complexity index is 785. The van der Waals surface area contributed by atoms with E-state index in [1.165, 1.54) is 6.07 Å². The quantitative estimate of drug-likeness (QED) is 0.712. The molecule has 0 saturated heterocycles. The largest absolute Gasteiger partial charge is 0.324 e. The summed E-state index contributed by atoms with van der Waals surface area (Å²) in [6, 6.07) is 18.7. The van der Waals surface area contributed by atoms with Gasteiger partial charge in [-0.2, -0.15) is 0 Å². The van der Waals surface area contributed by atoms with Crippen molar-refractivity contribution in [2.45, 2.75) is 12.5 Å². The highest BCUT2D eigenvalue weighted by Gasteiger charge is 2.12. The summed E-state index contributed by atoms with van der Waals surface area (Å²) in [6.07, 6.45) is 0.614. The van der Waals surface area contributed by atoms with Crippen LogP contribution in [-0.4, -0.2) is 0 Å². The maximum absolute atomic E-state index is 13.3. The lowest BCUT2D eigenvalue weighted by Gasteiger charge is -2.16. The van der Waals surface area contributed by atoms with Gasteiger partial charge in [-0.3, -0.25) is 0 Å². The fourth-order valence-corrected chi connectivity index (χ4v) is 3.11. The summed E-state index contributed by atoms with van der Waals surface area (Å²) in [6.45, 7) is 0. The second kappa shape index (κ2) is 5.96. The first-order valence-electron chi connectivity index (χ1n) is 6.82. The van der Waals surface area contributed by atoms with E-state index in [1.54, 1.807) is 12.1 Å². The Kier molecular flexibility index (Phi) is 4.04. The van der Waals surface area contributed by atoms with Gasteiger partial charge in [0.25, 0.3) is 0 Å². The first kappa shape index (κ1) is 14.2. The molecular formula is C18H15BrFN. The molecule has 0 spiro atoms. The van der Waals surface area contributed by atoms with Crippen molar-refractivity contribution in [1.82, 2.24) is 0 Å². The number of fused-ring (bicyclic) bond motifs is 1. The standard InChI is InChI=1S/C18H15BrFN/c19-17-9-8-16(14-6-1-2-7-15(14)17)18(21)11-12-4-3-5-13(20)10-12/h1-10,18H,11,21H2. The third kappa shape index (κ3) is 2.99. The van der Waals surface area contributed by atoms with E-state index in [1.807, 2.05) is 30.3 Å². The van der Waals surface area contributed by atoms with Gasteiger partial charge in [0, 0.05) is 10.5 Å². The van der Waals surface area contributed by atoms with Crippen LogP contribution in [0.1, 0.15) is 17.2 Å². The monoisotopic (exact) mass is 343 g/mol. The van der Waals surface area contributed by atoms with Crippen molar-refractivity contribution in [2.24, 2.45) is 5.73 Å². The van der Waals surface area contributed by atoms with Crippen LogP contribution in [0.2, 0.25) is 0 Å². The van der Waals surface area contributed by atoms with Gasteiger partial charge in [0.2, 0.25) is 0 Å². The molecule has 3 heteroatoms. The van der Waals surface area contributed by atoms with E-state index in [9.17, 15) is 4.39 Å². The highest BCUT2D eigenvalue weighted by Crippen LogP contribution is 2.30. The van der Waals surface area contributed by atoms with Crippen molar-refractivity contribution in [2.75, 3.05) is 0 Å². The van der Waals surface area contributed by atoms with Crippen LogP contribution < -0.4 is 5.73 Å². The molecule has 1 nitrogen and oxygen atoms in total. The third-order valence-electron chi connectivity index (χ3n) is 3.65. The van der Waals surface area contributed by atoms with E-state index < -0.39 is 0 Å². The van der Waals surface area contributed by atoms with Crippen LogP contribution in [0.5, 0.6) is 0 Å².